The van der Waals surface area contributed by atoms with Crippen molar-refractivity contribution in [2.75, 3.05) is 0 Å². The van der Waals surface area contributed by atoms with Crippen LogP contribution in [0, 0.1) is 5.41 Å². The molecule has 0 aliphatic carbocycles. The van der Waals surface area contributed by atoms with Crippen molar-refractivity contribution in [3.8, 4) is 0 Å². The third-order valence-corrected chi connectivity index (χ3v) is 3.35. The molecule has 0 aromatic heterocycles. The van der Waals surface area contributed by atoms with Gasteiger partial charge in [0, 0.05) is 6.42 Å². The highest BCUT2D eigenvalue weighted by molar-refractivity contribution is 5.49. The summed E-state index contributed by atoms with van der Waals surface area (Å²) in [5, 5.41) is 0. The Hall–Kier alpha value is -0.330. The zero-order chi connectivity index (χ0) is 10.2. The van der Waals surface area contributed by atoms with Gasteiger partial charge < -0.3 is 4.79 Å². The molecular formula is C12H24O. The first-order chi connectivity index (χ1) is 6.24. The lowest BCUT2D eigenvalue weighted by molar-refractivity contribution is -0.108. The van der Waals surface area contributed by atoms with Gasteiger partial charge in [0.2, 0.25) is 0 Å². The van der Waals surface area contributed by atoms with Crippen molar-refractivity contribution in [2.45, 2.75) is 65.7 Å². The van der Waals surface area contributed by atoms with Crippen LogP contribution in [0.5, 0.6) is 0 Å². The average molecular weight is 184 g/mol. The van der Waals surface area contributed by atoms with Crippen LogP contribution in [0.15, 0.2) is 0 Å². The van der Waals surface area contributed by atoms with Crippen LogP contribution >= 0.6 is 0 Å². The van der Waals surface area contributed by atoms with Gasteiger partial charge in [-0.1, -0.05) is 46.5 Å². The Balaban J connectivity index is 4.04. The van der Waals surface area contributed by atoms with Crippen molar-refractivity contribution in [2.24, 2.45) is 5.41 Å². The van der Waals surface area contributed by atoms with Crippen LogP contribution < -0.4 is 0 Å². The van der Waals surface area contributed by atoms with Gasteiger partial charge in [0.25, 0.3) is 0 Å². The molecule has 0 N–H and O–H groups in total. The molecule has 0 aliphatic rings. The van der Waals surface area contributed by atoms with Crippen LogP contribution in [-0.2, 0) is 4.79 Å². The standard InChI is InChI=1S/C12H24O/c1-4-7-9-12(5-2,6-3)10-8-11-13/h11H,4-10H2,1-3H3. The summed E-state index contributed by atoms with van der Waals surface area (Å²) in [6, 6.07) is 0. The van der Waals surface area contributed by atoms with E-state index < -0.39 is 0 Å². The molecule has 0 atom stereocenters. The summed E-state index contributed by atoms with van der Waals surface area (Å²) < 4.78 is 0. The van der Waals surface area contributed by atoms with E-state index in [-0.39, 0.29) is 0 Å². The van der Waals surface area contributed by atoms with Crippen molar-refractivity contribution in [1.82, 2.24) is 0 Å². The number of hydrogen-bond acceptors (Lipinski definition) is 1. The quantitative estimate of drug-likeness (QED) is 0.522. The zero-order valence-electron chi connectivity index (χ0n) is 9.44. The van der Waals surface area contributed by atoms with Gasteiger partial charge in [-0.25, -0.2) is 0 Å². The van der Waals surface area contributed by atoms with Crippen LogP contribution in [-0.4, -0.2) is 6.29 Å². The van der Waals surface area contributed by atoms with Gasteiger partial charge in [0.1, 0.15) is 6.29 Å². The van der Waals surface area contributed by atoms with Gasteiger partial charge in [0.15, 0.2) is 0 Å². The second-order valence-electron chi connectivity index (χ2n) is 4.02. The van der Waals surface area contributed by atoms with E-state index in [2.05, 4.69) is 20.8 Å². The molecule has 0 rings (SSSR count). The smallest absolute Gasteiger partial charge is 0.120 e. The van der Waals surface area contributed by atoms with E-state index in [4.69, 9.17) is 0 Å². The fourth-order valence-corrected chi connectivity index (χ4v) is 2.00. The second kappa shape index (κ2) is 7.11. The molecule has 0 bridgehead atoms. The van der Waals surface area contributed by atoms with Crippen molar-refractivity contribution in [1.29, 1.82) is 0 Å². The third kappa shape index (κ3) is 4.44. The molecule has 13 heavy (non-hydrogen) atoms. The van der Waals surface area contributed by atoms with E-state index in [9.17, 15) is 4.79 Å². The Labute approximate surface area is 82.9 Å². The molecule has 0 aromatic carbocycles. The van der Waals surface area contributed by atoms with Crippen LogP contribution in [0.25, 0.3) is 0 Å². The minimum Gasteiger partial charge on any atom is -0.303 e. The molecule has 0 heterocycles. The molecule has 1 nitrogen and oxygen atoms in total. The average Bonchev–Trinajstić information content (AvgIpc) is 2.20. The monoisotopic (exact) mass is 184 g/mol. The Morgan fingerprint density at radius 2 is 1.69 bits per heavy atom. The molecule has 1 heteroatoms. The highest BCUT2D eigenvalue weighted by atomic mass is 16.1. The summed E-state index contributed by atoms with van der Waals surface area (Å²) >= 11 is 0. The fourth-order valence-electron chi connectivity index (χ4n) is 2.00. The van der Waals surface area contributed by atoms with Crippen molar-refractivity contribution in [3.05, 3.63) is 0 Å². The van der Waals surface area contributed by atoms with Crippen LogP contribution in [0.3, 0.4) is 0 Å². The molecule has 0 saturated carbocycles. The first-order valence-corrected chi connectivity index (χ1v) is 5.68. The molecule has 0 spiro atoms. The summed E-state index contributed by atoms with van der Waals surface area (Å²) in [7, 11) is 0. The van der Waals surface area contributed by atoms with Gasteiger partial charge >= 0.3 is 0 Å². The van der Waals surface area contributed by atoms with Crippen LogP contribution in [0.2, 0.25) is 0 Å². The Bertz CT molecular complexity index is 125. The first-order valence-electron chi connectivity index (χ1n) is 5.68. The largest absolute Gasteiger partial charge is 0.303 e. The number of unbranched alkanes of at least 4 members (excludes halogenated alkanes) is 1. The molecule has 0 saturated heterocycles. The number of carbonyl (C=O) groups excluding carboxylic acids is 1. The first kappa shape index (κ1) is 12.7. The predicted octanol–water partition coefficient (Wildman–Crippen LogP) is 3.96. The highest BCUT2D eigenvalue weighted by Gasteiger charge is 2.24. The van der Waals surface area contributed by atoms with Gasteiger partial charge in [-0.3, -0.25) is 0 Å². The van der Waals surface area contributed by atoms with Crippen molar-refractivity contribution in [3.63, 3.8) is 0 Å². The summed E-state index contributed by atoms with van der Waals surface area (Å²) in [4.78, 5) is 10.4. The van der Waals surface area contributed by atoms with Crippen LogP contribution in [0.4, 0.5) is 0 Å². The maximum Gasteiger partial charge on any atom is 0.120 e. The Morgan fingerprint density at radius 3 is 2.08 bits per heavy atom. The molecule has 0 amide bonds. The number of aldehydes is 1. The Kier molecular flexibility index (Phi) is 6.93. The maximum atomic E-state index is 10.4. The molecular weight excluding hydrogens is 160 g/mol. The van der Waals surface area contributed by atoms with Crippen molar-refractivity contribution < 1.29 is 4.79 Å². The molecule has 0 aliphatic heterocycles. The number of hydrogen-bond donors (Lipinski definition) is 0. The summed E-state index contributed by atoms with van der Waals surface area (Å²) in [5.41, 5.74) is 0.455. The van der Waals surface area contributed by atoms with Gasteiger partial charge in [-0.05, 0) is 18.3 Å². The van der Waals surface area contributed by atoms with E-state index in [1.165, 1.54) is 32.1 Å². The van der Waals surface area contributed by atoms with E-state index in [1.54, 1.807) is 0 Å². The van der Waals surface area contributed by atoms with Gasteiger partial charge in [-0.2, -0.15) is 0 Å². The minimum atomic E-state index is 0.455. The topological polar surface area (TPSA) is 17.1 Å². The van der Waals surface area contributed by atoms with E-state index in [1.807, 2.05) is 0 Å². The van der Waals surface area contributed by atoms with E-state index in [0.29, 0.717) is 5.41 Å². The number of carbonyl (C=O) groups is 1. The fraction of sp³-hybridized carbons (Fsp3) is 0.917. The lowest BCUT2D eigenvalue weighted by atomic mass is 9.74. The van der Waals surface area contributed by atoms with Crippen molar-refractivity contribution >= 4 is 6.29 Å². The summed E-state index contributed by atoms with van der Waals surface area (Å²) in [5.74, 6) is 0. The van der Waals surface area contributed by atoms with Gasteiger partial charge in [0.05, 0.1) is 0 Å². The third-order valence-electron chi connectivity index (χ3n) is 3.35. The normalized spacial score (nSPS) is 11.6. The molecule has 0 fully saturated rings. The molecule has 78 valence electrons. The summed E-state index contributed by atoms with van der Waals surface area (Å²) in [6.45, 7) is 6.74. The van der Waals surface area contributed by atoms with Crippen LogP contribution in [0.1, 0.15) is 65.7 Å². The Morgan fingerprint density at radius 1 is 1.08 bits per heavy atom. The van der Waals surface area contributed by atoms with E-state index >= 15 is 0 Å². The minimum absolute atomic E-state index is 0.455. The van der Waals surface area contributed by atoms with E-state index in [0.717, 1.165) is 19.1 Å². The maximum absolute atomic E-state index is 10.4. The predicted molar refractivity (Wildman–Crippen MR) is 57.8 cm³/mol. The molecule has 0 aromatic rings. The lowest BCUT2D eigenvalue weighted by Crippen LogP contribution is -2.18. The zero-order valence-corrected chi connectivity index (χ0v) is 9.44. The molecule has 0 unspecified atom stereocenters. The molecule has 0 radical (unpaired) electrons. The van der Waals surface area contributed by atoms with Gasteiger partial charge in [-0.15, -0.1) is 0 Å². The number of rotatable bonds is 8. The lowest BCUT2D eigenvalue weighted by Gasteiger charge is -2.31. The second-order valence-corrected chi connectivity index (χ2v) is 4.02. The SMILES string of the molecule is CCCCC(CC)(CC)CCC=O. The highest BCUT2D eigenvalue weighted by Crippen LogP contribution is 2.36. The summed E-state index contributed by atoms with van der Waals surface area (Å²) in [6.07, 6.45) is 9.20.